The third kappa shape index (κ3) is 8.97. The number of aromatic carboxylic acids is 1. The van der Waals surface area contributed by atoms with Crippen LogP contribution in [-0.4, -0.2) is 81.3 Å². The van der Waals surface area contributed by atoms with Crippen molar-refractivity contribution < 1.29 is 29.0 Å². The van der Waals surface area contributed by atoms with E-state index >= 15 is 0 Å². The zero-order chi connectivity index (χ0) is 42.0. The van der Waals surface area contributed by atoms with Crippen LogP contribution in [0.1, 0.15) is 75.4 Å². The summed E-state index contributed by atoms with van der Waals surface area (Å²) in [6, 6.07) is 18.1. The second kappa shape index (κ2) is 17.5. The first-order chi connectivity index (χ1) is 28.2. The van der Waals surface area contributed by atoms with Gasteiger partial charge in [-0.05, 0) is 75.6 Å². The highest BCUT2D eigenvalue weighted by Gasteiger charge is 2.32. The molecule has 59 heavy (non-hydrogen) atoms. The number of aryl methyl sites for hydroxylation is 2. The highest BCUT2D eigenvalue weighted by atomic mass is 35.5. The molecule has 3 aromatic heterocycles. The van der Waals surface area contributed by atoms with Crippen molar-refractivity contribution in [2.45, 2.75) is 52.7 Å². The molecule has 0 fully saturated rings. The summed E-state index contributed by atoms with van der Waals surface area (Å²) in [4.78, 5) is 46.6. The van der Waals surface area contributed by atoms with Crippen molar-refractivity contribution in [2.75, 3.05) is 32.9 Å². The van der Waals surface area contributed by atoms with Crippen LogP contribution in [-0.2, 0) is 24.7 Å². The lowest BCUT2D eigenvalue weighted by molar-refractivity contribution is -0.126. The molecule has 1 atom stereocenters. The summed E-state index contributed by atoms with van der Waals surface area (Å²) in [5.74, 6) is -0.258. The summed E-state index contributed by atoms with van der Waals surface area (Å²) in [5, 5.41) is 26.7. The van der Waals surface area contributed by atoms with Crippen LogP contribution in [0.4, 0.5) is 0 Å². The first-order valence-corrected chi connectivity index (χ1v) is 20.6. The van der Waals surface area contributed by atoms with E-state index in [1.165, 1.54) is 6.20 Å². The summed E-state index contributed by atoms with van der Waals surface area (Å²) < 4.78 is 13.7. The van der Waals surface area contributed by atoms with Crippen LogP contribution in [0, 0.1) is 20.8 Å². The lowest BCUT2D eigenvalue weighted by Gasteiger charge is -2.26. The van der Waals surface area contributed by atoms with Crippen LogP contribution in [0.3, 0.4) is 0 Å². The fourth-order valence-electron chi connectivity index (χ4n) is 7.03. The molecule has 1 aliphatic heterocycles. The van der Waals surface area contributed by atoms with E-state index in [0.29, 0.717) is 32.6 Å². The molecular formula is C43H43Cl2N7O6S. The van der Waals surface area contributed by atoms with Crippen LogP contribution >= 0.6 is 34.5 Å². The molecule has 4 N–H and O–H groups in total. The van der Waals surface area contributed by atoms with Crippen molar-refractivity contribution in [3.05, 3.63) is 121 Å². The van der Waals surface area contributed by atoms with Crippen molar-refractivity contribution in [3.63, 3.8) is 0 Å². The third-order valence-corrected chi connectivity index (χ3v) is 12.1. The van der Waals surface area contributed by atoms with Gasteiger partial charge in [0.25, 0.3) is 0 Å². The van der Waals surface area contributed by atoms with Crippen molar-refractivity contribution in [1.82, 2.24) is 30.4 Å². The first-order valence-electron chi connectivity index (χ1n) is 19.0. The number of carboxylic acid groups (broad SMARTS) is 1. The summed E-state index contributed by atoms with van der Waals surface area (Å²) in [7, 11) is 0. The molecule has 0 radical (unpaired) electrons. The Bertz CT molecular complexity index is 2580. The van der Waals surface area contributed by atoms with Gasteiger partial charge in [-0.15, -0.1) is 21.5 Å². The van der Waals surface area contributed by atoms with Crippen molar-refractivity contribution >= 4 is 68.9 Å². The predicted molar refractivity (Wildman–Crippen MR) is 229 cm³/mol. The number of carbonyl (C=O) groups is 3. The van der Waals surface area contributed by atoms with E-state index in [4.69, 9.17) is 37.7 Å². The minimum absolute atomic E-state index is 0.0389. The van der Waals surface area contributed by atoms with E-state index in [1.54, 1.807) is 23.5 Å². The van der Waals surface area contributed by atoms with Gasteiger partial charge in [0, 0.05) is 56.8 Å². The van der Waals surface area contributed by atoms with Crippen LogP contribution in [0.25, 0.3) is 27.0 Å². The maximum atomic E-state index is 13.2. The topological polar surface area (TPSA) is 173 Å². The van der Waals surface area contributed by atoms with Crippen LogP contribution in [0.15, 0.2) is 71.9 Å². The van der Waals surface area contributed by atoms with Crippen LogP contribution in [0.5, 0.6) is 0 Å². The Labute approximate surface area is 354 Å². The number of aromatic nitrogens is 4. The number of carboxylic acids is 1. The molecular weight excluding hydrogens is 813 g/mol. The summed E-state index contributed by atoms with van der Waals surface area (Å²) in [6.07, 6.45) is 1.50. The van der Waals surface area contributed by atoms with Crippen LogP contribution < -0.4 is 10.6 Å². The molecule has 0 aliphatic carbocycles. The Balaban J connectivity index is 0.866. The molecule has 0 spiro atoms. The highest BCUT2D eigenvalue weighted by Crippen LogP contribution is 2.40. The number of amides is 2. The largest absolute Gasteiger partial charge is 0.478 e. The van der Waals surface area contributed by atoms with Gasteiger partial charge in [-0.25, -0.2) is 4.79 Å². The number of ether oxygens (including phenoxy) is 2. The van der Waals surface area contributed by atoms with Gasteiger partial charge in [0.2, 0.25) is 11.8 Å². The number of carbonyl (C=O) groups excluding carboxylic acids is 2. The number of benzene rings is 3. The Morgan fingerprint density at radius 3 is 2.36 bits per heavy atom. The Morgan fingerprint density at radius 2 is 1.63 bits per heavy atom. The van der Waals surface area contributed by atoms with Crippen molar-refractivity contribution in [1.29, 1.82) is 0 Å². The number of nitrogens with one attached hydrogen (secondary N) is 3. The Hall–Kier alpha value is -5.38. The van der Waals surface area contributed by atoms with Crippen LogP contribution in [0.2, 0.25) is 10.0 Å². The summed E-state index contributed by atoms with van der Waals surface area (Å²) >= 11 is 14.4. The number of thiophene rings is 1. The van der Waals surface area contributed by atoms with E-state index in [1.807, 2.05) is 73.9 Å². The maximum Gasteiger partial charge on any atom is 0.337 e. The molecule has 1 aliphatic rings. The minimum Gasteiger partial charge on any atom is -0.478 e. The van der Waals surface area contributed by atoms with Gasteiger partial charge in [0.1, 0.15) is 23.5 Å². The number of H-pyrrole nitrogens is 1. The fourth-order valence-corrected chi connectivity index (χ4v) is 8.64. The first kappa shape index (κ1) is 41.8. The van der Waals surface area contributed by atoms with Gasteiger partial charge in [-0.3, -0.25) is 19.1 Å². The van der Waals surface area contributed by atoms with Gasteiger partial charge in [-0.1, -0.05) is 59.6 Å². The van der Waals surface area contributed by atoms with E-state index in [-0.39, 0.29) is 56.7 Å². The zero-order valence-electron chi connectivity index (χ0n) is 33.1. The van der Waals surface area contributed by atoms with Gasteiger partial charge < -0.3 is 30.2 Å². The third-order valence-electron chi connectivity index (χ3n) is 10.3. The van der Waals surface area contributed by atoms with Gasteiger partial charge in [0.15, 0.2) is 5.82 Å². The molecule has 2 amide bonds. The summed E-state index contributed by atoms with van der Waals surface area (Å²) in [5.41, 5.74) is 6.39. The number of aliphatic imine (C=N–C) groups is 1. The number of hydrogen-bond donors (Lipinski definition) is 4. The molecule has 16 heteroatoms. The molecule has 0 saturated carbocycles. The number of aromatic amines is 1. The number of nitrogens with zero attached hydrogens (tertiary/aromatic N) is 4. The summed E-state index contributed by atoms with van der Waals surface area (Å²) in [6.45, 7) is 10.6. The Morgan fingerprint density at radius 1 is 0.932 bits per heavy atom. The quantitative estimate of drug-likeness (QED) is 0.0755. The molecule has 0 unspecified atom stereocenters. The monoisotopic (exact) mass is 855 g/mol. The van der Waals surface area contributed by atoms with Crippen molar-refractivity contribution in [2.24, 2.45) is 4.99 Å². The SMILES string of the molecule is Cc1sc2c(c1C)C(c1ccc(Cl)cc1)=N[C@@H](CC(=O)NCCOCC(=O)NCCOC(C)(C)c1ccc(-c3cc4c(C(=O)O)c[nH]c4cc3Cl)cc1)c1nnc(C)n1-2. The number of hydrogen-bond acceptors (Lipinski definition) is 9. The Kier molecular flexibility index (Phi) is 12.4. The molecule has 6 aromatic rings. The van der Waals surface area contributed by atoms with E-state index in [9.17, 15) is 19.5 Å². The second-order valence-corrected chi connectivity index (χ2v) is 16.7. The average molecular weight is 857 g/mol. The fraction of sp³-hybridized carbons (Fsp3) is 0.302. The standard InChI is InChI=1S/C43H43Cl2N7O6S/c1-23-24(2)59-41-38(23)39(27-8-12-29(44)13-9-27)49-35(40-51-50-25(3)52(40)41)20-36(53)46-14-16-57-22-37(54)47-15-17-58-43(4,5)28-10-6-26(7-11-28)30-18-31-32(42(55)56)21-48-34(31)19-33(30)45/h6-13,18-19,21,35,48H,14-17,20,22H2,1-5H3,(H,46,53)(H,47,54)(H,55,56)/t35-/m0/s1. The number of rotatable bonds is 15. The lowest BCUT2D eigenvalue weighted by Crippen LogP contribution is -2.34. The van der Waals surface area contributed by atoms with Gasteiger partial charge in [0.05, 0.1) is 41.5 Å². The second-order valence-electron chi connectivity index (χ2n) is 14.7. The number of fused-ring (bicyclic) bond motifs is 4. The lowest BCUT2D eigenvalue weighted by atomic mass is 9.94. The average Bonchev–Trinajstić information content (AvgIpc) is 3.86. The van der Waals surface area contributed by atoms with Gasteiger partial charge >= 0.3 is 5.97 Å². The molecule has 7 rings (SSSR count). The molecule has 3 aromatic carbocycles. The van der Waals surface area contributed by atoms with E-state index in [2.05, 4.69) is 39.7 Å². The number of halogens is 2. The highest BCUT2D eigenvalue weighted by molar-refractivity contribution is 7.15. The van der Waals surface area contributed by atoms with E-state index in [0.717, 1.165) is 49.0 Å². The minimum atomic E-state index is -1.02. The molecule has 4 heterocycles. The normalized spacial score (nSPS) is 13.7. The molecule has 306 valence electrons. The zero-order valence-corrected chi connectivity index (χ0v) is 35.4. The maximum absolute atomic E-state index is 13.2. The van der Waals surface area contributed by atoms with E-state index < -0.39 is 17.6 Å². The van der Waals surface area contributed by atoms with Crippen molar-refractivity contribution in [3.8, 4) is 16.1 Å². The molecule has 0 saturated heterocycles. The predicted octanol–water partition coefficient (Wildman–Crippen LogP) is 7.89. The smallest absolute Gasteiger partial charge is 0.337 e. The molecule has 13 nitrogen and oxygen atoms in total. The van der Waals surface area contributed by atoms with Gasteiger partial charge in [-0.2, -0.15) is 0 Å². The molecule has 0 bridgehead atoms.